The van der Waals surface area contributed by atoms with Gasteiger partial charge in [0.25, 0.3) is 0 Å². The molecule has 4 nitrogen and oxygen atoms in total. The molecule has 2 aromatic heterocycles. The highest BCUT2D eigenvalue weighted by Crippen LogP contribution is 2.29. The van der Waals surface area contributed by atoms with Gasteiger partial charge in [-0.15, -0.1) is 11.6 Å². The summed E-state index contributed by atoms with van der Waals surface area (Å²) in [4.78, 5) is 4.48. The van der Waals surface area contributed by atoms with Crippen molar-refractivity contribution in [1.29, 1.82) is 0 Å². The van der Waals surface area contributed by atoms with Crippen LogP contribution in [0.3, 0.4) is 0 Å². The minimum absolute atomic E-state index is 0.357. The Labute approximate surface area is 128 Å². The molecule has 0 aliphatic carbocycles. The number of aryl methyl sites for hydroxylation is 1. The highest BCUT2D eigenvalue weighted by molar-refractivity contribution is 6.17. The van der Waals surface area contributed by atoms with Gasteiger partial charge >= 0.3 is 0 Å². The van der Waals surface area contributed by atoms with Crippen LogP contribution < -0.4 is 4.74 Å². The average Bonchev–Trinajstić information content (AvgIpc) is 2.94. The third-order valence-electron chi connectivity index (χ3n) is 3.17. The zero-order chi connectivity index (χ0) is 14.7. The number of rotatable bonds is 5. The molecule has 0 bridgehead atoms. The Kier molecular flexibility index (Phi) is 4.06. The minimum Gasteiger partial charge on any atom is -0.435 e. The molecule has 0 spiro atoms. The molecule has 108 valence electrons. The molecule has 3 rings (SSSR count). The molecule has 0 radical (unpaired) electrons. The van der Waals surface area contributed by atoms with Crippen LogP contribution >= 0.6 is 11.6 Å². The molecule has 0 unspecified atom stereocenters. The van der Waals surface area contributed by atoms with E-state index in [9.17, 15) is 0 Å². The Morgan fingerprint density at radius 2 is 2.14 bits per heavy atom. The van der Waals surface area contributed by atoms with E-state index in [1.54, 1.807) is 6.20 Å². The quantitative estimate of drug-likeness (QED) is 0.657. The molecule has 0 aliphatic heterocycles. The molecule has 3 aromatic rings. The van der Waals surface area contributed by atoms with E-state index in [0.717, 1.165) is 29.4 Å². The summed E-state index contributed by atoms with van der Waals surface area (Å²) in [7, 11) is 0. The fourth-order valence-electron chi connectivity index (χ4n) is 2.23. The summed E-state index contributed by atoms with van der Waals surface area (Å²) in [5, 5.41) is 6.30. The second-order valence-corrected chi connectivity index (χ2v) is 5.08. The number of benzene rings is 1. The maximum Gasteiger partial charge on any atom is 0.227 e. The molecule has 0 saturated heterocycles. The van der Waals surface area contributed by atoms with Crippen LogP contribution in [0.25, 0.3) is 10.8 Å². The third-order valence-corrected chi connectivity index (χ3v) is 3.45. The Balaban J connectivity index is 1.98. The minimum atomic E-state index is 0.357. The summed E-state index contributed by atoms with van der Waals surface area (Å²) in [6.45, 7) is 2.99. The van der Waals surface area contributed by atoms with Crippen LogP contribution in [0.5, 0.6) is 11.6 Å². The zero-order valence-corrected chi connectivity index (χ0v) is 12.5. The molecule has 0 saturated carbocycles. The first-order chi connectivity index (χ1) is 10.3. The van der Waals surface area contributed by atoms with Crippen molar-refractivity contribution in [2.75, 3.05) is 0 Å². The van der Waals surface area contributed by atoms with Crippen molar-refractivity contribution < 1.29 is 4.74 Å². The van der Waals surface area contributed by atoms with E-state index in [4.69, 9.17) is 16.3 Å². The number of aromatic nitrogens is 3. The summed E-state index contributed by atoms with van der Waals surface area (Å²) in [6, 6.07) is 9.96. The van der Waals surface area contributed by atoms with Gasteiger partial charge < -0.3 is 4.74 Å². The van der Waals surface area contributed by atoms with E-state index >= 15 is 0 Å². The second-order valence-electron chi connectivity index (χ2n) is 4.81. The Bertz CT molecular complexity index is 754. The van der Waals surface area contributed by atoms with Crippen molar-refractivity contribution >= 4 is 22.4 Å². The Hall–Kier alpha value is -2.07. The van der Waals surface area contributed by atoms with Gasteiger partial charge in [-0.2, -0.15) is 5.10 Å². The summed E-state index contributed by atoms with van der Waals surface area (Å²) in [5.74, 6) is 1.61. The fraction of sp³-hybridized carbons (Fsp3) is 0.250. The fourth-order valence-corrected chi connectivity index (χ4v) is 2.36. The van der Waals surface area contributed by atoms with Crippen molar-refractivity contribution in [3.05, 3.63) is 48.4 Å². The Morgan fingerprint density at radius 1 is 1.29 bits per heavy atom. The Morgan fingerprint density at radius 3 is 2.95 bits per heavy atom. The predicted octanol–water partition coefficient (Wildman–Crippen LogP) is 4.37. The number of halogens is 1. The van der Waals surface area contributed by atoms with E-state index in [1.807, 2.05) is 41.2 Å². The standard InChI is InChI=1S/C16H16ClN3O/c1-2-7-20-11-14(10-18-20)21-16-15-6-4-3-5-12(15)8-13(9-17)19-16/h3-6,8,10-11H,2,7,9H2,1H3. The van der Waals surface area contributed by atoms with Crippen molar-refractivity contribution in [1.82, 2.24) is 14.8 Å². The lowest BCUT2D eigenvalue weighted by molar-refractivity contribution is 0.466. The van der Waals surface area contributed by atoms with Crippen LogP contribution in [0, 0.1) is 0 Å². The average molecular weight is 302 g/mol. The van der Waals surface area contributed by atoms with Crippen LogP contribution in [0.4, 0.5) is 0 Å². The summed E-state index contributed by atoms with van der Waals surface area (Å²) < 4.78 is 7.77. The molecule has 21 heavy (non-hydrogen) atoms. The third kappa shape index (κ3) is 3.00. The first-order valence-electron chi connectivity index (χ1n) is 6.95. The largest absolute Gasteiger partial charge is 0.435 e. The van der Waals surface area contributed by atoms with Crippen molar-refractivity contribution in [2.45, 2.75) is 25.8 Å². The number of pyridine rings is 1. The van der Waals surface area contributed by atoms with Crippen LogP contribution in [-0.4, -0.2) is 14.8 Å². The molecule has 2 heterocycles. The van der Waals surface area contributed by atoms with Gasteiger partial charge in [0.05, 0.1) is 24.0 Å². The van der Waals surface area contributed by atoms with E-state index in [0.29, 0.717) is 17.5 Å². The molecular formula is C16H16ClN3O. The van der Waals surface area contributed by atoms with Gasteiger partial charge in [0.2, 0.25) is 5.88 Å². The number of alkyl halides is 1. The molecule has 0 amide bonds. The SMILES string of the molecule is CCCn1cc(Oc2nc(CCl)cc3ccccc23)cn1. The van der Waals surface area contributed by atoms with Crippen LogP contribution in [0.2, 0.25) is 0 Å². The summed E-state index contributed by atoms with van der Waals surface area (Å²) in [6.07, 6.45) is 4.62. The molecule has 0 aliphatic rings. The van der Waals surface area contributed by atoms with Gasteiger partial charge in [-0.25, -0.2) is 4.98 Å². The number of fused-ring (bicyclic) bond motifs is 1. The van der Waals surface area contributed by atoms with E-state index in [2.05, 4.69) is 17.0 Å². The molecule has 1 aromatic carbocycles. The lowest BCUT2D eigenvalue weighted by Crippen LogP contribution is -1.96. The van der Waals surface area contributed by atoms with Crippen LogP contribution in [0.15, 0.2) is 42.7 Å². The molecule has 5 heteroatoms. The van der Waals surface area contributed by atoms with Crippen LogP contribution in [-0.2, 0) is 12.4 Å². The van der Waals surface area contributed by atoms with Crippen molar-refractivity contribution in [2.24, 2.45) is 0 Å². The number of nitrogens with zero attached hydrogens (tertiary/aromatic N) is 3. The van der Waals surface area contributed by atoms with Gasteiger partial charge in [0.1, 0.15) is 0 Å². The first kappa shape index (κ1) is 13.9. The summed E-state index contributed by atoms with van der Waals surface area (Å²) >= 11 is 5.91. The topological polar surface area (TPSA) is 39.9 Å². The van der Waals surface area contributed by atoms with E-state index < -0.39 is 0 Å². The van der Waals surface area contributed by atoms with Gasteiger partial charge in [-0.3, -0.25) is 4.68 Å². The number of hydrogen-bond donors (Lipinski definition) is 0. The van der Waals surface area contributed by atoms with Gasteiger partial charge in [-0.05, 0) is 23.9 Å². The van der Waals surface area contributed by atoms with E-state index in [1.165, 1.54) is 0 Å². The highest BCUT2D eigenvalue weighted by Gasteiger charge is 2.09. The second kappa shape index (κ2) is 6.14. The summed E-state index contributed by atoms with van der Waals surface area (Å²) in [5.41, 5.74) is 0.798. The maximum absolute atomic E-state index is 5.91. The first-order valence-corrected chi connectivity index (χ1v) is 7.48. The van der Waals surface area contributed by atoms with Crippen molar-refractivity contribution in [3.8, 4) is 11.6 Å². The van der Waals surface area contributed by atoms with Crippen LogP contribution in [0.1, 0.15) is 19.0 Å². The molecule has 0 N–H and O–H groups in total. The van der Waals surface area contributed by atoms with Gasteiger partial charge in [0.15, 0.2) is 5.75 Å². The zero-order valence-electron chi connectivity index (χ0n) is 11.8. The van der Waals surface area contributed by atoms with Crippen molar-refractivity contribution in [3.63, 3.8) is 0 Å². The molecule has 0 atom stereocenters. The normalized spacial score (nSPS) is 11.0. The lowest BCUT2D eigenvalue weighted by atomic mass is 10.1. The predicted molar refractivity (Wildman–Crippen MR) is 83.9 cm³/mol. The molecular weight excluding hydrogens is 286 g/mol. The smallest absolute Gasteiger partial charge is 0.227 e. The monoisotopic (exact) mass is 301 g/mol. The van der Waals surface area contributed by atoms with Gasteiger partial charge in [-0.1, -0.05) is 25.1 Å². The highest BCUT2D eigenvalue weighted by atomic mass is 35.5. The lowest BCUT2D eigenvalue weighted by Gasteiger charge is -2.08. The molecule has 0 fully saturated rings. The maximum atomic E-state index is 5.91. The van der Waals surface area contributed by atoms with E-state index in [-0.39, 0.29) is 0 Å². The van der Waals surface area contributed by atoms with Gasteiger partial charge in [0, 0.05) is 11.9 Å². The number of ether oxygens (including phenoxy) is 1. The number of hydrogen-bond acceptors (Lipinski definition) is 3.